The number of anilines is 1. The highest BCUT2D eigenvalue weighted by Gasteiger charge is 2.23. The number of para-hydroxylation sites is 1. The molecular formula is C25H27N3O3. The van der Waals surface area contributed by atoms with Crippen molar-refractivity contribution in [1.82, 2.24) is 9.47 Å². The van der Waals surface area contributed by atoms with Crippen LogP contribution in [0.25, 0.3) is 10.9 Å². The number of aryl methyl sites for hydroxylation is 1. The third-order valence-electron chi connectivity index (χ3n) is 5.81. The van der Waals surface area contributed by atoms with Gasteiger partial charge in [-0.1, -0.05) is 48.7 Å². The second-order valence-electron chi connectivity index (χ2n) is 8.13. The van der Waals surface area contributed by atoms with Crippen LogP contribution >= 0.6 is 0 Å². The molecule has 31 heavy (non-hydrogen) atoms. The van der Waals surface area contributed by atoms with Gasteiger partial charge in [-0.2, -0.15) is 0 Å². The van der Waals surface area contributed by atoms with E-state index in [-0.39, 0.29) is 12.5 Å². The summed E-state index contributed by atoms with van der Waals surface area (Å²) >= 11 is 0. The predicted molar refractivity (Wildman–Crippen MR) is 121 cm³/mol. The second kappa shape index (κ2) is 9.16. The van der Waals surface area contributed by atoms with Crippen LogP contribution in [0.5, 0.6) is 0 Å². The molecule has 1 aliphatic heterocycles. The number of aromatic nitrogens is 1. The Morgan fingerprint density at radius 1 is 0.903 bits per heavy atom. The van der Waals surface area contributed by atoms with E-state index >= 15 is 0 Å². The summed E-state index contributed by atoms with van der Waals surface area (Å²) in [6.45, 7) is 3.68. The molecule has 0 saturated carbocycles. The first kappa shape index (κ1) is 20.8. The number of amides is 2. The Hall–Kier alpha value is -3.41. The predicted octanol–water partition coefficient (Wildman–Crippen LogP) is 4.17. The number of benzene rings is 2. The van der Waals surface area contributed by atoms with E-state index < -0.39 is 11.7 Å². The smallest absolute Gasteiger partial charge is 0.296 e. The topological polar surface area (TPSA) is 71.4 Å². The minimum atomic E-state index is -0.689. The van der Waals surface area contributed by atoms with Crippen LogP contribution in [0, 0.1) is 6.92 Å². The summed E-state index contributed by atoms with van der Waals surface area (Å²) in [4.78, 5) is 40.4. The fourth-order valence-corrected chi connectivity index (χ4v) is 4.07. The number of fused-ring (bicyclic) bond motifs is 1. The van der Waals surface area contributed by atoms with Gasteiger partial charge in [0.25, 0.3) is 11.7 Å². The molecule has 0 atom stereocenters. The number of Topliss-reactive ketones (excluding diaryl/α,β-unsaturated/α-hetero) is 1. The summed E-state index contributed by atoms with van der Waals surface area (Å²) in [5.74, 6) is -1.26. The average molecular weight is 418 g/mol. The van der Waals surface area contributed by atoms with Gasteiger partial charge in [-0.05, 0) is 38.0 Å². The van der Waals surface area contributed by atoms with E-state index in [2.05, 4.69) is 5.32 Å². The molecule has 2 heterocycles. The van der Waals surface area contributed by atoms with E-state index in [0.717, 1.165) is 49.9 Å². The van der Waals surface area contributed by atoms with E-state index in [9.17, 15) is 14.4 Å². The third-order valence-corrected chi connectivity index (χ3v) is 5.81. The Morgan fingerprint density at radius 2 is 1.58 bits per heavy atom. The largest absolute Gasteiger partial charge is 0.341 e. The zero-order valence-electron chi connectivity index (χ0n) is 17.8. The molecule has 4 rings (SSSR count). The molecule has 0 bridgehead atoms. The van der Waals surface area contributed by atoms with Crippen molar-refractivity contribution in [3.05, 3.63) is 65.9 Å². The molecule has 0 radical (unpaired) electrons. The summed E-state index contributed by atoms with van der Waals surface area (Å²) in [7, 11) is 0. The van der Waals surface area contributed by atoms with Crippen LogP contribution in [0.15, 0.2) is 54.7 Å². The highest BCUT2D eigenvalue weighted by atomic mass is 16.2. The van der Waals surface area contributed by atoms with Crippen LogP contribution in [0.2, 0.25) is 0 Å². The maximum Gasteiger partial charge on any atom is 0.296 e. The molecule has 0 unspecified atom stereocenters. The van der Waals surface area contributed by atoms with Gasteiger partial charge >= 0.3 is 0 Å². The Bertz CT molecular complexity index is 1110. The lowest BCUT2D eigenvalue weighted by Crippen LogP contribution is -2.34. The molecule has 160 valence electrons. The van der Waals surface area contributed by atoms with Gasteiger partial charge in [0.2, 0.25) is 5.91 Å². The molecule has 2 aromatic carbocycles. The van der Waals surface area contributed by atoms with Gasteiger partial charge < -0.3 is 14.8 Å². The molecule has 6 nitrogen and oxygen atoms in total. The third kappa shape index (κ3) is 4.68. The Kier molecular flexibility index (Phi) is 6.16. The van der Waals surface area contributed by atoms with E-state index in [1.807, 2.05) is 48.2 Å². The van der Waals surface area contributed by atoms with Crippen molar-refractivity contribution >= 4 is 34.2 Å². The molecule has 1 fully saturated rings. The number of nitrogens with zero attached hydrogens (tertiary/aromatic N) is 2. The molecule has 1 aromatic heterocycles. The number of hydrogen-bond acceptors (Lipinski definition) is 3. The van der Waals surface area contributed by atoms with Crippen molar-refractivity contribution in [2.24, 2.45) is 0 Å². The molecule has 1 aliphatic rings. The summed E-state index contributed by atoms with van der Waals surface area (Å²) in [5.41, 5.74) is 2.73. The first-order valence-electron chi connectivity index (χ1n) is 10.8. The average Bonchev–Trinajstić information content (AvgIpc) is 2.94. The number of ketones is 1. The van der Waals surface area contributed by atoms with Gasteiger partial charge in [0, 0.05) is 35.9 Å². The lowest BCUT2D eigenvalue weighted by Gasteiger charge is -2.20. The van der Waals surface area contributed by atoms with Crippen molar-refractivity contribution in [3.8, 4) is 0 Å². The molecule has 6 heteroatoms. The normalized spacial score (nSPS) is 14.3. The van der Waals surface area contributed by atoms with Gasteiger partial charge in [-0.15, -0.1) is 0 Å². The van der Waals surface area contributed by atoms with Gasteiger partial charge in [-0.3, -0.25) is 14.4 Å². The summed E-state index contributed by atoms with van der Waals surface area (Å²) in [5, 5.41) is 3.34. The monoisotopic (exact) mass is 417 g/mol. The maximum absolute atomic E-state index is 13.0. The molecular weight excluding hydrogens is 390 g/mol. The fraction of sp³-hybridized carbons (Fsp3) is 0.320. The van der Waals surface area contributed by atoms with E-state index in [1.165, 1.54) is 0 Å². The van der Waals surface area contributed by atoms with Crippen LogP contribution in [-0.4, -0.2) is 40.2 Å². The Balaban J connectivity index is 1.57. The minimum Gasteiger partial charge on any atom is -0.341 e. The summed E-state index contributed by atoms with van der Waals surface area (Å²) in [6.07, 6.45) is 6.01. The quantitative estimate of drug-likeness (QED) is 0.500. The van der Waals surface area contributed by atoms with Crippen LogP contribution in [0.4, 0.5) is 5.69 Å². The molecule has 1 N–H and O–H groups in total. The van der Waals surface area contributed by atoms with Crippen LogP contribution < -0.4 is 5.32 Å². The van der Waals surface area contributed by atoms with Gasteiger partial charge in [0.05, 0.1) is 5.56 Å². The number of carbonyl (C=O) groups excluding carboxylic acids is 3. The van der Waals surface area contributed by atoms with Crippen LogP contribution in [0.1, 0.15) is 41.6 Å². The standard InChI is InChI=1S/C25H27N3O3/c1-18-10-12-19(13-11-18)26-25(31)24(30)21-16-28(22-9-5-4-8-20(21)22)17-23(29)27-14-6-2-3-7-15-27/h4-5,8-13,16H,2-3,6-7,14-15,17H2,1H3,(H,26,31). The van der Waals surface area contributed by atoms with Crippen molar-refractivity contribution in [1.29, 1.82) is 0 Å². The molecule has 0 spiro atoms. The maximum atomic E-state index is 13.0. The SMILES string of the molecule is Cc1ccc(NC(=O)C(=O)c2cn(CC(=O)N3CCCCCC3)c3ccccc23)cc1. The van der Waals surface area contributed by atoms with Gasteiger partial charge in [-0.25, -0.2) is 0 Å². The number of hydrogen-bond donors (Lipinski definition) is 1. The first-order chi connectivity index (χ1) is 15.0. The van der Waals surface area contributed by atoms with Crippen molar-refractivity contribution < 1.29 is 14.4 Å². The van der Waals surface area contributed by atoms with Crippen molar-refractivity contribution in [2.45, 2.75) is 39.2 Å². The first-order valence-corrected chi connectivity index (χ1v) is 10.8. The molecule has 0 aliphatic carbocycles. The lowest BCUT2D eigenvalue weighted by molar-refractivity contribution is -0.131. The number of rotatable bonds is 5. The van der Waals surface area contributed by atoms with Crippen LogP contribution in [-0.2, 0) is 16.1 Å². The Labute approximate surface area is 181 Å². The molecule has 3 aromatic rings. The number of carbonyl (C=O) groups is 3. The zero-order valence-corrected chi connectivity index (χ0v) is 17.8. The number of nitrogens with one attached hydrogen (secondary N) is 1. The highest BCUT2D eigenvalue weighted by molar-refractivity contribution is 6.48. The lowest BCUT2D eigenvalue weighted by atomic mass is 10.1. The van der Waals surface area contributed by atoms with Crippen molar-refractivity contribution in [3.63, 3.8) is 0 Å². The fourth-order valence-electron chi connectivity index (χ4n) is 4.07. The van der Waals surface area contributed by atoms with Gasteiger partial charge in [0.1, 0.15) is 6.54 Å². The zero-order chi connectivity index (χ0) is 21.8. The van der Waals surface area contributed by atoms with Crippen LogP contribution in [0.3, 0.4) is 0 Å². The molecule has 1 saturated heterocycles. The summed E-state index contributed by atoms with van der Waals surface area (Å²) < 4.78 is 1.79. The minimum absolute atomic E-state index is 0.0470. The second-order valence-corrected chi connectivity index (χ2v) is 8.13. The van der Waals surface area contributed by atoms with Crippen molar-refractivity contribution in [2.75, 3.05) is 18.4 Å². The van der Waals surface area contributed by atoms with Gasteiger partial charge in [0.15, 0.2) is 0 Å². The van der Waals surface area contributed by atoms with E-state index in [4.69, 9.17) is 0 Å². The highest BCUT2D eigenvalue weighted by Crippen LogP contribution is 2.23. The van der Waals surface area contributed by atoms with E-state index in [0.29, 0.717) is 16.6 Å². The molecule has 2 amide bonds. The summed E-state index contributed by atoms with van der Waals surface area (Å²) in [6, 6.07) is 14.7. The number of likely N-dealkylation sites (tertiary alicyclic amines) is 1. The van der Waals surface area contributed by atoms with E-state index in [1.54, 1.807) is 22.9 Å². The Morgan fingerprint density at radius 3 is 2.29 bits per heavy atom.